The number of imide groups is 1. The summed E-state index contributed by atoms with van der Waals surface area (Å²) in [4.78, 5) is 25.9. The summed E-state index contributed by atoms with van der Waals surface area (Å²) in [6.45, 7) is 0.506. The summed E-state index contributed by atoms with van der Waals surface area (Å²) in [5, 5.41) is 5.40. The Morgan fingerprint density at radius 2 is 1.53 bits per heavy atom. The number of hydrazone groups is 1. The Morgan fingerprint density at radius 3 is 2.17 bits per heavy atom. The molecule has 1 heterocycles. The van der Waals surface area contributed by atoms with Crippen molar-refractivity contribution in [3.63, 3.8) is 0 Å². The van der Waals surface area contributed by atoms with Gasteiger partial charge in [0.1, 0.15) is 12.4 Å². The van der Waals surface area contributed by atoms with Gasteiger partial charge in [-0.15, -0.1) is 0 Å². The molecule has 2 amide bonds. The molecule has 5 aliphatic rings. The number of carbonyl (C=O) groups is 2. The Bertz CT molecular complexity index is 1020. The molecule has 6 atom stereocenters. The third kappa shape index (κ3) is 2.72. The van der Waals surface area contributed by atoms with Crippen molar-refractivity contribution in [3.8, 4) is 5.75 Å². The van der Waals surface area contributed by atoms with Gasteiger partial charge in [-0.1, -0.05) is 42.5 Å². The zero-order chi connectivity index (χ0) is 20.2. The fraction of sp³-hybridized carbons (Fsp3) is 0.320. The number of allylic oxidation sites excluding steroid dienone is 2. The van der Waals surface area contributed by atoms with Gasteiger partial charge in [0.2, 0.25) is 0 Å². The summed E-state index contributed by atoms with van der Waals surface area (Å²) in [5.74, 6) is 1.74. The Balaban J connectivity index is 1.13. The Labute approximate surface area is 175 Å². The van der Waals surface area contributed by atoms with Crippen LogP contribution in [0.3, 0.4) is 0 Å². The SMILES string of the molecule is O=C1C2C3C=CC(C4CC34)C2C(=O)N1N=Cc1ccc(OCc2ccccc2)cc1. The zero-order valence-electron chi connectivity index (χ0n) is 16.4. The number of carbonyl (C=O) groups excluding carboxylic acids is 2. The van der Waals surface area contributed by atoms with Gasteiger partial charge in [0.05, 0.1) is 18.1 Å². The van der Waals surface area contributed by atoms with Crippen LogP contribution in [0.2, 0.25) is 0 Å². The van der Waals surface area contributed by atoms with Crippen LogP contribution in [0.1, 0.15) is 17.5 Å². The first-order valence-electron chi connectivity index (χ1n) is 10.6. The number of nitrogens with zero attached hydrogens (tertiary/aromatic N) is 2. The van der Waals surface area contributed by atoms with Crippen molar-refractivity contribution in [2.24, 2.45) is 40.6 Å². The molecule has 1 saturated heterocycles. The fourth-order valence-corrected chi connectivity index (χ4v) is 5.57. The number of rotatable bonds is 5. The first kappa shape index (κ1) is 17.6. The summed E-state index contributed by atoms with van der Waals surface area (Å²) in [6, 6.07) is 17.5. The second kappa shape index (κ2) is 6.66. The van der Waals surface area contributed by atoms with Crippen molar-refractivity contribution < 1.29 is 14.3 Å². The second-order valence-electron chi connectivity index (χ2n) is 8.73. The zero-order valence-corrected chi connectivity index (χ0v) is 16.4. The van der Waals surface area contributed by atoms with Crippen LogP contribution in [0.25, 0.3) is 0 Å². The molecule has 2 aromatic carbocycles. The third-order valence-electron chi connectivity index (χ3n) is 7.09. The van der Waals surface area contributed by atoms with E-state index < -0.39 is 0 Å². The van der Waals surface area contributed by atoms with Crippen molar-refractivity contribution in [2.75, 3.05) is 0 Å². The molecule has 1 aliphatic heterocycles. The van der Waals surface area contributed by atoms with Gasteiger partial charge in [-0.2, -0.15) is 10.1 Å². The summed E-state index contributed by atoms with van der Waals surface area (Å²) in [6.07, 6.45) is 7.10. The summed E-state index contributed by atoms with van der Waals surface area (Å²) in [5.41, 5.74) is 1.93. The maximum atomic E-state index is 12.9. The molecule has 5 heteroatoms. The molecule has 6 unspecified atom stereocenters. The lowest BCUT2D eigenvalue weighted by Gasteiger charge is -2.37. The van der Waals surface area contributed by atoms with Crippen LogP contribution in [0.5, 0.6) is 5.75 Å². The monoisotopic (exact) mass is 398 g/mol. The largest absolute Gasteiger partial charge is 0.489 e. The summed E-state index contributed by atoms with van der Waals surface area (Å²) >= 11 is 0. The topological polar surface area (TPSA) is 59.0 Å². The molecule has 0 radical (unpaired) electrons. The molecule has 2 aromatic rings. The van der Waals surface area contributed by atoms with Gasteiger partial charge in [-0.25, -0.2) is 0 Å². The molecule has 2 bridgehead atoms. The normalized spacial score (nSPS) is 33.1. The van der Waals surface area contributed by atoms with Crippen molar-refractivity contribution in [3.05, 3.63) is 77.9 Å². The molecule has 7 rings (SSSR count). The molecule has 0 aromatic heterocycles. The van der Waals surface area contributed by atoms with E-state index in [0.717, 1.165) is 28.3 Å². The maximum Gasteiger partial charge on any atom is 0.254 e. The van der Waals surface area contributed by atoms with E-state index in [9.17, 15) is 9.59 Å². The van der Waals surface area contributed by atoms with Gasteiger partial charge < -0.3 is 4.74 Å². The van der Waals surface area contributed by atoms with Crippen molar-refractivity contribution in [2.45, 2.75) is 13.0 Å². The fourth-order valence-electron chi connectivity index (χ4n) is 5.57. The van der Waals surface area contributed by atoms with Crippen LogP contribution >= 0.6 is 0 Å². The first-order valence-corrected chi connectivity index (χ1v) is 10.6. The lowest BCUT2D eigenvalue weighted by molar-refractivity contribution is -0.140. The minimum Gasteiger partial charge on any atom is -0.489 e. The minimum atomic E-state index is -0.206. The van der Waals surface area contributed by atoms with E-state index in [1.165, 1.54) is 0 Å². The first-order chi connectivity index (χ1) is 14.7. The Hall–Kier alpha value is -3.21. The van der Waals surface area contributed by atoms with Gasteiger partial charge in [-0.3, -0.25) is 9.59 Å². The van der Waals surface area contributed by atoms with E-state index in [1.54, 1.807) is 6.21 Å². The van der Waals surface area contributed by atoms with E-state index in [4.69, 9.17) is 4.74 Å². The van der Waals surface area contributed by atoms with Gasteiger partial charge in [0, 0.05) is 0 Å². The van der Waals surface area contributed by atoms with Gasteiger partial charge in [0.25, 0.3) is 11.8 Å². The highest BCUT2D eigenvalue weighted by molar-refractivity contribution is 6.06. The molecular formula is C25H22N2O3. The van der Waals surface area contributed by atoms with Crippen LogP contribution in [0.4, 0.5) is 0 Å². The van der Waals surface area contributed by atoms with Crippen LogP contribution < -0.4 is 4.74 Å². The number of ether oxygens (including phenoxy) is 1. The molecule has 30 heavy (non-hydrogen) atoms. The van der Waals surface area contributed by atoms with Gasteiger partial charge in [0.15, 0.2) is 0 Å². The van der Waals surface area contributed by atoms with Crippen LogP contribution in [-0.4, -0.2) is 23.0 Å². The van der Waals surface area contributed by atoms with Gasteiger partial charge >= 0.3 is 0 Å². The standard InChI is InChI=1S/C25H22N2O3/c28-24-22-18-10-11-19(21-12-20(18)21)23(22)25(29)27(24)26-13-15-6-8-17(9-7-15)30-14-16-4-2-1-3-5-16/h1-11,13,18-23H,12,14H2. The summed E-state index contributed by atoms with van der Waals surface area (Å²) < 4.78 is 5.80. The average molecular weight is 398 g/mol. The minimum absolute atomic E-state index is 0.131. The van der Waals surface area contributed by atoms with Crippen molar-refractivity contribution in [1.82, 2.24) is 5.01 Å². The van der Waals surface area contributed by atoms with Crippen LogP contribution in [0, 0.1) is 35.5 Å². The number of benzene rings is 2. The predicted molar refractivity (Wildman–Crippen MR) is 111 cm³/mol. The smallest absolute Gasteiger partial charge is 0.254 e. The lowest BCUT2D eigenvalue weighted by atomic mass is 9.63. The molecule has 2 saturated carbocycles. The molecule has 0 N–H and O–H groups in total. The van der Waals surface area contributed by atoms with E-state index in [-0.39, 0.29) is 35.5 Å². The van der Waals surface area contributed by atoms with E-state index >= 15 is 0 Å². The van der Waals surface area contributed by atoms with E-state index in [2.05, 4.69) is 17.3 Å². The molecule has 0 spiro atoms. The molecule has 4 aliphatic carbocycles. The lowest BCUT2D eigenvalue weighted by Crippen LogP contribution is -2.40. The van der Waals surface area contributed by atoms with Gasteiger partial charge in [-0.05, 0) is 65.5 Å². The Kier molecular flexibility index (Phi) is 3.91. The predicted octanol–water partition coefficient (Wildman–Crippen LogP) is 3.65. The number of hydrogen-bond donors (Lipinski definition) is 0. The number of hydrogen-bond acceptors (Lipinski definition) is 4. The number of amides is 2. The van der Waals surface area contributed by atoms with E-state index in [0.29, 0.717) is 18.4 Å². The van der Waals surface area contributed by atoms with Crippen LogP contribution in [0.15, 0.2) is 71.9 Å². The molecular weight excluding hydrogens is 376 g/mol. The molecule has 3 fully saturated rings. The maximum absolute atomic E-state index is 12.9. The average Bonchev–Trinajstić information content (AvgIpc) is 3.57. The summed E-state index contributed by atoms with van der Waals surface area (Å²) in [7, 11) is 0. The van der Waals surface area contributed by atoms with Crippen molar-refractivity contribution in [1.29, 1.82) is 0 Å². The Morgan fingerprint density at radius 1 is 0.900 bits per heavy atom. The van der Waals surface area contributed by atoms with E-state index in [1.807, 2.05) is 54.6 Å². The molecule has 150 valence electrons. The van der Waals surface area contributed by atoms with Crippen LogP contribution in [-0.2, 0) is 16.2 Å². The van der Waals surface area contributed by atoms with Crippen molar-refractivity contribution >= 4 is 18.0 Å². The second-order valence-corrected chi connectivity index (χ2v) is 8.73. The third-order valence-corrected chi connectivity index (χ3v) is 7.09. The highest BCUT2D eigenvalue weighted by Crippen LogP contribution is 2.65. The molecule has 5 nitrogen and oxygen atoms in total. The quantitative estimate of drug-likeness (QED) is 0.439. The highest BCUT2D eigenvalue weighted by atomic mass is 16.5. The highest BCUT2D eigenvalue weighted by Gasteiger charge is 2.67.